The van der Waals surface area contributed by atoms with Gasteiger partial charge in [0, 0.05) is 59.9 Å². The first-order valence-electron chi connectivity index (χ1n) is 10.7. The molecule has 1 saturated carbocycles. The van der Waals surface area contributed by atoms with Crippen LogP contribution in [0.5, 0.6) is 5.75 Å². The third-order valence-electron chi connectivity index (χ3n) is 5.97. The summed E-state index contributed by atoms with van der Waals surface area (Å²) < 4.78 is 0. The molecule has 0 spiro atoms. The van der Waals surface area contributed by atoms with E-state index in [1.165, 1.54) is 18.2 Å². The van der Waals surface area contributed by atoms with Crippen LogP contribution in [-0.4, -0.2) is 70.0 Å². The zero-order valence-corrected chi connectivity index (χ0v) is 18.4. The number of aliphatic hydroxyl groups excluding tert-OH is 1. The molecule has 170 valence electrons. The number of aliphatic hydroxyl groups is 1. The van der Waals surface area contributed by atoms with Gasteiger partial charge in [-0.15, -0.1) is 0 Å². The predicted molar refractivity (Wildman–Crippen MR) is 120 cm³/mol. The standard InChI is InChI=1S/C24H28N2O6/c1-4-25(5-2)14-7-9-16(18(27)11-14)21-23(31)22(24(21)32)17-10-8-15(12-19(17)28)26(6-3)13-20(29)30/h7-12,22-23,28,31H,4-6,13H2,1-3H3,(H,29,30). The van der Waals surface area contributed by atoms with Crippen LogP contribution < -0.4 is 4.90 Å². The van der Waals surface area contributed by atoms with Crippen molar-refractivity contribution in [3.05, 3.63) is 58.8 Å². The fraction of sp³-hybridized carbons (Fsp3) is 0.375. The maximum Gasteiger partial charge on any atom is 0.323 e. The molecule has 0 radical (unpaired) electrons. The van der Waals surface area contributed by atoms with E-state index in [-0.39, 0.29) is 34.8 Å². The summed E-state index contributed by atoms with van der Waals surface area (Å²) in [5.74, 6) is -2.93. The molecule has 2 unspecified atom stereocenters. The molecule has 0 aromatic heterocycles. The lowest BCUT2D eigenvalue weighted by molar-refractivity contribution is -0.135. The fourth-order valence-corrected chi connectivity index (χ4v) is 4.19. The van der Waals surface area contributed by atoms with Crippen molar-refractivity contribution in [1.29, 1.82) is 0 Å². The quantitative estimate of drug-likeness (QED) is 0.525. The van der Waals surface area contributed by atoms with Crippen LogP contribution >= 0.6 is 0 Å². The van der Waals surface area contributed by atoms with Crippen molar-refractivity contribution in [2.24, 2.45) is 0 Å². The van der Waals surface area contributed by atoms with Crippen LogP contribution in [0.25, 0.3) is 0 Å². The number of anilines is 1. The number of carbonyl (C=O) groups is 3. The van der Waals surface area contributed by atoms with E-state index >= 15 is 0 Å². The number of phenolic OH excluding ortho intramolecular Hbond substituents is 1. The fourth-order valence-electron chi connectivity index (χ4n) is 4.19. The lowest BCUT2D eigenvalue weighted by Crippen LogP contribution is -2.44. The zero-order valence-electron chi connectivity index (χ0n) is 18.4. The molecular weight excluding hydrogens is 412 g/mol. The number of aromatic hydroxyl groups is 1. The van der Waals surface area contributed by atoms with Crippen molar-refractivity contribution >= 4 is 23.2 Å². The number of rotatable bonds is 8. The summed E-state index contributed by atoms with van der Waals surface area (Å²) in [5.41, 5.74) is 1.72. The lowest BCUT2D eigenvalue weighted by atomic mass is 9.68. The number of hydrogen-bond donors (Lipinski definition) is 3. The highest BCUT2D eigenvalue weighted by Crippen LogP contribution is 2.44. The Kier molecular flexibility index (Phi) is 6.84. The third kappa shape index (κ3) is 4.18. The summed E-state index contributed by atoms with van der Waals surface area (Å²) >= 11 is 0. The summed E-state index contributed by atoms with van der Waals surface area (Å²) in [6, 6.07) is 4.51. The zero-order chi connectivity index (χ0) is 23.6. The van der Waals surface area contributed by atoms with Crippen LogP contribution in [0.15, 0.2) is 53.3 Å². The Morgan fingerprint density at radius 3 is 2.19 bits per heavy atom. The number of phenols is 1. The van der Waals surface area contributed by atoms with E-state index in [0.717, 1.165) is 18.8 Å². The van der Waals surface area contributed by atoms with Crippen molar-refractivity contribution < 1.29 is 29.7 Å². The van der Waals surface area contributed by atoms with Crippen LogP contribution in [0.3, 0.4) is 0 Å². The number of ketones is 2. The minimum absolute atomic E-state index is 0.0515. The molecule has 8 heteroatoms. The Bertz CT molecular complexity index is 1030. The van der Waals surface area contributed by atoms with Crippen molar-refractivity contribution in [2.75, 3.05) is 31.1 Å². The van der Waals surface area contributed by atoms with Crippen molar-refractivity contribution in [1.82, 2.24) is 4.90 Å². The first-order valence-corrected chi connectivity index (χ1v) is 10.7. The Hall–Kier alpha value is -3.39. The van der Waals surface area contributed by atoms with Gasteiger partial charge in [-0.3, -0.25) is 14.4 Å². The first kappa shape index (κ1) is 23.3. The number of carbonyl (C=O) groups excluding carboxylic acids is 2. The average molecular weight is 440 g/mol. The van der Waals surface area contributed by atoms with E-state index in [0.29, 0.717) is 12.2 Å². The first-order chi connectivity index (χ1) is 15.2. The summed E-state index contributed by atoms with van der Waals surface area (Å²) in [5, 5.41) is 30.2. The van der Waals surface area contributed by atoms with E-state index in [1.54, 1.807) is 30.0 Å². The van der Waals surface area contributed by atoms with Gasteiger partial charge in [0.25, 0.3) is 0 Å². The van der Waals surface area contributed by atoms with Crippen molar-refractivity contribution in [3.8, 4) is 5.75 Å². The normalized spacial score (nSPS) is 22.4. The number of Topliss-reactive ketones (excluding diaryl/α,β-unsaturated/α-hetero) is 1. The van der Waals surface area contributed by atoms with Gasteiger partial charge in [0.1, 0.15) is 12.3 Å². The Morgan fingerprint density at radius 2 is 1.69 bits per heavy atom. The number of carboxylic acids is 1. The van der Waals surface area contributed by atoms with Crippen LogP contribution in [0.2, 0.25) is 0 Å². The highest BCUT2D eigenvalue weighted by atomic mass is 16.4. The number of allylic oxidation sites excluding steroid dienone is 4. The molecule has 0 amide bonds. The van der Waals surface area contributed by atoms with Gasteiger partial charge in [0.15, 0.2) is 11.6 Å². The second-order valence-electron chi connectivity index (χ2n) is 7.70. The largest absolute Gasteiger partial charge is 0.508 e. The smallest absolute Gasteiger partial charge is 0.323 e. The molecule has 32 heavy (non-hydrogen) atoms. The molecule has 0 saturated heterocycles. The van der Waals surface area contributed by atoms with E-state index in [9.17, 15) is 24.6 Å². The van der Waals surface area contributed by atoms with Gasteiger partial charge in [-0.25, -0.2) is 0 Å². The van der Waals surface area contributed by atoms with E-state index < -0.39 is 23.8 Å². The lowest BCUT2D eigenvalue weighted by Gasteiger charge is -2.36. The highest BCUT2D eigenvalue weighted by molar-refractivity contribution is 6.19. The number of benzene rings is 1. The Balaban J connectivity index is 1.84. The van der Waals surface area contributed by atoms with E-state index in [4.69, 9.17) is 5.11 Å². The SMILES string of the molecule is CCN(CC)C1=CC(=O)C(=C2C(=O)C(c3ccc(N(CC)CC(=O)O)cc3O)C2O)C=C1. The topological polar surface area (TPSA) is 118 Å². The maximum atomic E-state index is 12.9. The summed E-state index contributed by atoms with van der Waals surface area (Å²) in [6.45, 7) is 7.44. The highest BCUT2D eigenvalue weighted by Gasteiger charge is 2.48. The minimum Gasteiger partial charge on any atom is -0.508 e. The number of hydrogen-bond acceptors (Lipinski definition) is 7. The minimum atomic E-state index is -1.22. The third-order valence-corrected chi connectivity index (χ3v) is 5.97. The van der Waals surface area contributed by atoms with Crippen LogP contribution in [0.4, 0.5) is 5.69 Å². The van der Waals surface area contributed by atoms with Gasteiger partial charge in [-0.2, -0.15) is 0 Å². The monoisotopic (exact) mass is 440 g/mol. The van der Waals surface area contributed by atoms with Gasteiger partial charge in [0.05, 0.1) is 12.0 Å². The second kappa shape index (κ2) is 9.40. The molecule has 0 aliphatic heterocycles. The number of likely N-dealkylation sites (N-methyl/N-ethyl adjacent to an activating group) is 2. The molecule has 2 atom stereocenters. The molecule has 3 N–H and O–H groups in total. The van der Waals surface area contributed by atoms with Crippen LogP contribution in [0.1, 0.15) is 32.3 Å². The average Bonchev–Trinajstić information content (AvgIpc) is 2.76. The molecule has 0 heterocycles. The molecule has 8 nitrogen and oxygen atoms in total. The molecule has 2 aliphatic rings. The summed E-state index contributed by atoms with van der Waals surface area (Å²) in [6.07, 6.45) is 3.58. The van der Waals surface area contributed by atoms with Crippen LogP contribution in [0, 0.1) is 0 Å². The summed E-state index contributed by atoms with van der Waals surface area (Å²) in [4.78, 5) is 40.1. The van der Waals surface area contributed by atoms with Gasteiger partial charge in [0.2, 0.25) is 0 Å². The molecule has 0 bridgehead atoms. The van der Waals surface area contributed by atoms with Crippen LogP contribution in [-0.2, 0) is 14.4 Å². The van der Waals surface area contributed by atoms with Gasteiger partial charge in [-0.05, 0) is 39.0 Å². The molecular formula is C24H28N2O6. The van der Waals surface area contributed by atoms with Gasteiger partial charge < -0.3 is 25.1 Å². The second-order valence-corrected chi connectivity index (χ2v) is 7.70. The molecule has 1 fully saturated rings. The summed E-state index contributed by atoms with van der Waals surface area (Å²) in [7, 11) is 0. The van der Waals surface area contributed by atoms with Crippen molar-refractivity contribution in [3.63, 3.8) is 0 Å². The molecule has 1 aromatic carbocycles. The van der Waals surface area contributed by atoms with Gasteiger partial charge in [-0.1, -0.05) is 6.07 Å². The molecule has 2 aliphatic carbocycles. The molecule has 3 rings (SSSR count). The molecule has 1 aromatic rings. The van der Waals surface area contributed by atoms with E-state index in [2.05, 4.69) is 0 Å². The van der Waals surface area contributed by atoms with Crippen molar-refractivity contribution in [2.45, 2.75) is 32.8 Å². The number of nitrogens with zero attached hydrogens (tertiary/aromatic N) is 2. The maximum absolute atomic E-state index is 12.9. The Morgan fingerprint density at radius 1 is 1.03 bits per heavy atom. The van der Waals surface area contributed by atoms with E-state index in [1.807, 2.05) is 18.7 Å². The number of carboxylic acid groups (broad SMARTS) is 1. The number of aliphatic carboxylic acids is 1. The Labute approximate surface area is 186 Å². The predicted octanol–water partition coefficient (Wildman–Crippen LogP) is 1.99. The van der Waals surface area contributed by atoms with Gasteiger partial charge >= 0.3 is 5.97 Å².